The normalized spacial score (nSPS) is 11.2. The zero-order valence-electron chi connectivity index (χ0n) is 12.8. The van der Waals surface area contributed by atoms with E-state index in [0.29, 0.717) is 27.6 Å². The molecule has 0 bridgehead atoms. The van der Waals surface area contributed by atoms with Gasteiger partial charge in [-0.05, 0) is 30.3 Å². The van der Waals surface area contributed by atoms with Crippen molar-refractivity contribution < 1.29 is 22.7 Å². The number of halogens is 4. The molecule has 0 aliphatic heterocycles. The monoisotopic (exact) mass is 374 g/mol. The molecule has 1 amide bonds. The molecule has 2 aromatic rings. The topological polar surface area (TPSA) is 60.3 Å². The summed E-state index contributed by atoms with van der Waals surface area (Å²) >= 11 is 5.73. The van der Waals surface area contributed by atoms with Crippen molar-refractivity contribution in [1.29, 1.82) is 0 Å². The van der Waals surface area contributed by atoms with Crippen LogP contribution in [0.25, 0.3) is 0 Å². The fourth-order valence-electron chi connectivity index (χ4n) is 1.92. The smallest absolute Gasteiger partial charge is 0.417 e. The van der Waals surface area contributed by atoms with E-state index in [4.69, 9.17) is 16.3 Å². The molecule has 0 aliphatic rings. The lowest BCUT2D eigenvalue weighted by atomic mass is 10.3. The average molecular weight is 375 g/mol. The maximum atomic E-state index is 12.6. The van der Waals surface area contributed by atoms with Crippen molar-refractivity contribution in [2.45, 2.75) is 12.7 Å². The number of amides is 1. The van der Waals surface area contributed by atoms with E-state index < -0.39 is 29.8 Å². The number of benzene rings is 1. The predicted molar refractivity (Wildman–Crippen MR) is 85.7 cm³/mol. The summed E-state index contributed by atoms with van der Waals surface area (Å²) in [6.07, 6.45) is -3.97. The van der Waals surface area contributed by atoms with Crippen LogP contribution in [-0.2, 0) is 17.5 Å². The van der Waals surface area contributed by atoms with Gasteiger partial charge in [0.1, 0.15) is 18.9 Å². The van der Waals surface area contributed by atoms with Gasteiger partial charge >= 0.3 is 6.18 Å². The molecule has 9 heteroatoms. The molecule has 2 rings (SSSR count). The molecular weight excluding hydrogens is 361 g/mol. The Morgan fingerprint density at radius 2 is 1.84 bits per heavy atom. The number of hydrogen-bond donors (Lipinski definition) is 1. The van der Waals surface area contributed by atoms with Crippen LogP contribution in [0.3, 0.4) is 0 Å². The van der Waals surface area contributed by atoms with Gasteiger partial charge in [0.25, 0.3) is 5.56 Å². The molecule has 0 unspecified atom stereocenters. The number of nitrogens with zero attached hydrogens (tertiary/aromatic N) is 1. The number of hydrogen-bond acceptors (Lipinski definition) is 3. The Kier molecular flexibility index (Phi) is 6.08. The number of nitrogens with one attached hydrogen (secondary N) is 1. The molecule has 0 fully saturated rings. The third kappa shape index (κ3) is 5.82. The first-order chi connectivity index (χ1) is 11.8. The molecule has 1 aromatic heterocycles. The van der Waals surface area contributed by atoms with Gasteiger partial charge in [-0.15, -0.1) is 0 Å². The third-order valence-corrected chi connectivity index (χ3v) is 3.38. The van der Waals surface area contributed by atoms with Crippen LogP contribution in [0.4, 0.5) is 13.2 Å². The molecule has 0 spiro atoms. The molecule has 0 saturated heterocycles. The minimum atomic E-state index is -4.58. The summed E-state index contributed by atoms with van der Waals surface area (Å²) in [7, 11) is 0. The van der Waals surface area contributed by atoms with Gasteiger partial charge in [-0.25, -0.2) is 0 Å². The van der Waals surface area contributed by atoms with Crippen LogP contribution in [0.2, 0.25) is 5.02 Å². The highest BCUT2D eigenvalue weighted by Gasteiger charge is 2.31. The van der Waals surface area contributed by atoms with Crippen LogP contribution in [0, 0.1) is 0 Å². The van der Waals surface area contributed by atoms with E-state index in [0.717, 1.165) is 6.07 Å². The molecule has 0 radical (unpaired) electrons. The lowest BCUT2D eigenvalue weighted by Crippen LogP contribution is -2.34. The quantitative estimate of drug-likeness (QED) is 0.791. The van der Waals surface area contributed by atoms with Crippen molar-refractivity contribution in [3.8, 4) is 5.75 Å². The maximum absolute atomic E-state index is 12.6. The molecular formula is C16H14ClF3N2O3. The molecule has 1 aromatic carbocycles. The van der Waals surface area contributed by atoms with E-state index in [1.54, 1.807) is 24.3 Å². The summed E-state index contributed by atoms with van der Waals surface area (Å²) in [6.45, 7) is -0.219. The lowest BCUT2D eigenvalue weighted by molar-refractivity contribution is -0.138. The Morgan fingerprint density at radius 1 is 1.16 bits per heavy atom. The Labute approximate surface area is 146 Å². The predicted octanol–water partition coefficient (Wildman–Crippen LogP) is 2.72. The molecule has 0 aliphatic carbocycles. The number of pyridine rings is 1. The van der Waals surface area contributed by atoms with Crippen LogP contribution >= 0.6 is 11.6 Å². The molecule has 25 heavy (non-hydrogen) atoms. The number of rotatable bonds is 6. The SMILES string of the molecule is O=C(Cn1cc(C(F)(F)F)ccc1=O)NCCOc1ccc(Cl)cc1. The van der Waals surface area contributed by atoms with Crippen molar-refractivity contribution in [3.63, 3.8) is 0 Å². The zero-order chi connectivity index (χ0) is 18.4. The van der Waals surface area contributed by atoms with Crippen molar-refractivity contribution >= 4 is 17.5 Å². The number of alkyl halides is 3. The van der Waals surface area contributed by atoms with Crippen molar-refractivity contribution in [3.05, 3.63) is 63.5 Å². The average Bonchev–Trinajstić information content (AvgIpc) is 2.54. The van der Waals surface area contributed by atoms with Crippen molar-refractivity contribution in [1.82, 2.24) is 9.88 Å². The minimum Gasteiger partial charge on any atom is -0.492 e. The van der Waals surface area contributed by atoms with Crippen LogP contribution < -0.4 is 15.6 Å². The van der Waals surface area contributed by atoms with Gasteiger partial charge in [0.15, 0.2) is 0 Å². The number of ether oxygens (including phenoxy) is 1. The molecule has 5 nitrogen and oxygen atoms in total. The first-order valence-electron chi connectivity index (χ1n) is 7.18. The standard InChI is InChI=1S/C16H14ClF3N2O3/c17-12-2-4-13(5-3-12)25-8-7-21-14(23)10-22-9-11(16(18,19)20)1-6-15(22)24/h1-6,9H,7-8,10H2,(H,21,23). The third-order valence-electron chi connectivity index (χ3n) is 3.13. The number of carbonyl (C=O) groups excluding carboxylic acids is 1. The van der Waals surface area contributed by atoms with Gasteiger partial charge in [-0.1, -0.05) is 11.6 Å². The second kappa shape index (κ2) is 8.06. The Hall–Kier alpha value is -2.48. The Balaban J connectivity index is 1.84. The van der Waals surface area contributed by atoms with E-state index in [1.807, 2.05) is 0 Å². The summed E-state index contributed by atoms with van der Waals surface area (Å²) in [5.74, 6) is -0.0334. The highest BCUT2D eigenvalue weighted by molar-refractivity contribution is 6.30. The molecule has 134 valence electrons. The number of carbonyl (C=O) groups is 1. The van der Waals surface area contributed by atoms with E-state index in [9.17, 15) is 22.8 Å². The van der Waals surface area contributed by atoms with Crippen molar-refractivity contribution in [2.24, 2.45) is 0 Å². The Bertz CT molecular complexity index is 788. The van der Waals surface area contributed by atoms with E-state index in [1.165, 1.54) is 0 Å². The summed E-state index contributed by atoms with van der Waals surface area (Å²) < 4.78 is 44.0. The minimum absolute atomic E-state index is 0.134. The highest BCUT2D eigenvalue weighted by Crippen LogP contribution is 2.27. The molecule has 1 N–H and O–H groups in total. The van der Waals surface area contributed by atoms with Crippen LogP contribution in [0.15, 0.2) is 47.4 Å². The largest absolute Gasteiger partial charge is 0.492 e. The molecule has 0 saturated carbocycles. The zero-order valence-corrected chi connectivity index (χ0v) is 13.6. The second-order valence-corrected chi connectivity index (χ2v) is 5.47. The lowest BCUT2D eigenvalue weighted by Gasteiger charge is -2.11. The maximum Gasteiger partial charge on any atom is 0.417 e. The van der Waals surface area contributed by atoms with E-state index in [2.05, 4.69) is 5.32 Å². The summed E-state index contributed by atoms with van der Waals surface area (Å²) in [4.78, 5) is 23.3. The number of aromatic nitrogens is 1. The fraction of sp³-hybridized carbons (Fsp3) is 0.250. The van der Waals surface area contributed by atoms with Gasteiger partial charge in [-0.3, -0.25) is 9.59 Å². The summed E-state index contributed by atoms with van der Waals surface area (Å²) in [6, 6.07) is 8.07. The van der Waals surface area contributed by atoms with Crippen LogP contribution in [0.5, 0.6) is 5.75 Å². The molecule has 1 heterocycles. The van der Waals surface area contributed by atoms with Gasteiger partial charge in [-0.2, -0.15) is 13.2 Å². The fourth-order valence-corrected chi connectivity index (χ4v) is 2.05. The van der Waals surface area contributed by atoms with E-state index >= 15 is 0 Å². The van der Waals surface area contributed by atoms with Crippen LogP contribution in [0.1, 0.15) is 5.56 Å². The first kappa shape index (κ1) is 18.9. The van der Waals surface area contributed by atoms with Gasteiger partial charge in [0, 0.05) is 17.3 Å². The van der Waals surface area contributed by atoms with E-state index in [-0.39, 0.29) is 13.2 Å². The highest BCUT2D eigenvalue weighted by atomic mass is 35.5. The second-order valence-electron chi connectivity index (χ2n) is 5.03. The van der Waals surface area contributed by atoms with Gasteiger partial charge in [0.2, 0.25) is 5.91 Å². The molecule has 0 atom stereocenters. The van der Waals surface area contributed by atoms with Gasteiger partial charge in [0.05, 0.1) is 12.1 Å². The van der Waals surface area contributed by atoms with Crippen LogP contribution in [-0.4, -0.2) is 23.6 Å². The summed E-state index contributed by atoms with van der Waals surface area (Å²) in [5.41, 5.74) is -1.69. The summed E-state index contributed by atoms with van der Waals surface area (Å²) in [5, 5.41) is 3.03. The first-order valence-corrected chi connectivity index (χ1v) is 7.56. The van der Waals surface area contributed by atoms with Gasteiger partial charge < -0.3 is 14.6 Å². The Morgan fingerprint density at radius 3 is 2.48 bits per heavy atom. The van der Waals surface area contributed by atoms with Crippen molar-refractivity contribution in [2.75, 3.05) is 13.2 Å².